The van der Waals surface area contributed by atoms with Crippen molar-refractivity contribution in [3.05, 3.63) is 83.9 Å². The average molecular weight is 419 g/mol. The molecule has 1 aliphatic heterocycles. The zero-order valence-corrected chi connectivity index (χ0v) is 18.3. The molecule has 0 bridgehead atoms. The van der Waals surface area contributed by atoms with Crippen LogP contribution in [0.25, 0.3) is 0 Å². The van der Waals surface area contributed by atoms with Crippen molar-refractivity contribution in [2.24, 2.45) is 0 Å². The van der Waals surface area contributed by atoms with Gasteiger partial charge in [-0.3, -0.25) is 9.80 Å². The second-order valence-corrected chi connectivity index (χ2v) is 7.80. The summed E-state index contributed by atoms with van der Waals surface area (Å²) < 4.78 is 16.8. The lowest BCUT2D eigenvalue weighted by Crippen LogP contribution is -2.45. The van der Waals surface area contributed by atoms with Crippen LogP contribution >= 0.6 is 0 Å². The Morgan fingerprint density at radius 1 is 0.613 bits per heavy atom. The number of nitrogens with zero attached hydrogens (tertiary/aromatic N) is 2. The highest BCUT2D eigenvalue weighted by Gasteiger charge is 2.18. The van der Waals surface area contributed by atoms with E-state index >= 15 is 0 Å². The van der Waals surface area contributed by atoms with Gasteiger partial charge in [0, 0.05) is 39.3 Å². The summed E-state index contributed by atoms with van der Waals surface area (Å²) in [5, 5.41) is 0. The zero-order chi connectivity index (χ0) is 21.5. The summed E-state index contributed by atoms with van der Waals surface area (Å²) in [6.45, 7) is 6.07. The number of hydrogen-bond acceptors (Lipinski definition) is 5. The largest absolute Gasteiger partial charge is 0.493 e. The second kappa shape index (κ2) is 10.3. The summed E-state index contributed by atoms with van der Waals surface area (Å²) in [7, 11) is 3.35. The first-order valence-corrected chi connectivity index (χ1v) is 10.7. The normalized spacial score (nSPS) is 14.9. The standard InChI is InChI=1S/C26H30N2O3/c1-29-25-12-11-22(18-26(25)30-2)20-28-15-13-27(14-16-28)19-21-7-6-10-24(17-21)31-23-8-4-3-5-9-23/h3-12,17-18H,13-16,19-20H2,1-2H3. The third-order valence-corrected chi connectivity index (χ3v) is 5.60. The van der Waals surface area contributed by atoms with Gasteiger partial charge in [-0.25, -0.2) is 0 Å². The monoisotopic (exact) mass is 418 g/mol. The highest BCUT2D eigenvalue weighted by Crippen LogP contribution is 2.28. The van der Waals surface area contributed by atoms with Crippen LogP contribution in [0, 0.1) is 0 Å². The van der Waals surface area contributed by atoms with Gasteiger partial charge in [-0.1, -0.05) is 36.4 Å². The van der Waals surface area contributed by atoms with Gasteiger partial charge in [0.25, 0.3) is 0 Å². The molecule has 1 saturated heterocycles. The Morgan fingerprint density at radius 3 is 1.87 bits per heavy atom. The van der Waals surface area contributed by atoms with Crippen LogP contribution in [0.4, 0.5) is 0 Å². The second-order valence-electron chi connectivity index (χ2n) is 7.80. The van der Waals surface area contributed by atoms with Crippen molar-refractivity contribution in [1.29, 1.82) is 0 Å². The molecule has 0 saturated carbocycles. The van der Waals surface area contributed by atoms with Gasteiger partial charge in [0.15, 0.2) is 11.5 Å². The third-order valence-electron chi connectivity index (χ3n) is 5.60. The molecule has 0 aliphatic carbocycles. The zero-order valence-electron chi connectivity index (χ0n) is 18.3. The Balaban J connectivity index is 1.29. The number of piperazine rings is 1. The van der Waals surface area contributed by atoms with E-state index < -0.39 is 0 Å². The van der Waals surface area contributed by atoms with E-state index in [1.807, 2.05) is 42.5 Å². The predicted molar refractivity (Wildman–Crippen MR) is 123 cm³/mol. The van der Waals surface area contributed by atoms with E-state index in [4.69, 9.17) is 14.2 Å². The van der Waals surface area contributed by atoms with E-state index in [1.54, 1.807) is 14.2 Å². The molecule has 0 radical (unpaired) electrons. The molecule has 3 aromatic carbocycles. The van der Waals surface area contributed by atoms with Crippen LogP contribution in [0.3, 0.4) is 0 Å². The number of ether oxygens (including phenoxy) is 3. The van der Waals surface area contributed by atoms with Gasteiger partial charge in [0.1, 0.15) is 11.5 Å². The van der Waals surface area contributed by atoms with Gasteiger partial charge in [-0.15, -0.1) is 0 Å². The van der Waals surface area contributed by atoms with Crippen molar-refractivity contribution in [2.45, 2.75) is 13.1 Å². The van der Waals surface area contributed by atoms with Gasteiger partial charge < -0.3 is 14.2 Å². The lowest BCUT2D eigenvalue weighted by atomic mass is 10.1. The summed E-state index contributed by atoms with van der Waals surface area (Å²) in [5.74, 6) is 3.31. The van der Waals surface area contributed by atoms with Crippen molar-refractivity contribution < 1.29 is 14.2 Å². The lowest BCUT2D eigenvalue weighted by molar-refractivity contribution is 0.122. The number of hydrogen-bond donors (Lipinski definition) is 0. The van der Waals surface area contributed by atoms with Gasteiger partial charge in [-0.2, -0.15) is 0 Å². The third kappa shape index (κ3) is 5.78. The van der Waals surface area contributed by atoms with Crippen LogP contribution in [0.15, 0.2) is 72.8 Å². The fourth-order valence-electron chi connectivity index (χ4n) is 3.93. The van der Waals surface area contributed by atoms with Crippen molar-refractivity contribution >= 4 is 0 Å². The van der Waals surface area contributed by atoms with E-state index in [0.717, 1.165) is 62.3 Å². The topological polar surface area (TPSA) is 34.2 Å². The van der Waals surface area contributed by atoms with Crippen molar-refractivity contribution in [3.8, 4) is 23.0 Å². The van der Waals surface area contributed by atoms with E-state index in [9.17, 15) is 0 Å². The van der Waals surface area contributed by atoms with Gasteiger partial charge in [0.2, 0.25) is 0 Å². The van der Waals surface area contributed by atoms with E-state index in [2.05, 4.69) is 40.1 Å². The van der Waals surface area contributed by atoms with Crippen LogP contribution in [0.1, 0.15) is 11.1 Å². The maximum absolute atomic E-state index is 5.98. The van der Waals surface area contributed by atoms with Crippen LogP contribution in [0.5, 0.6) is 23.0 Å². The molecule has 31 heavy (non-hydrogen) atoms. The maximum Gasteiger partial charge on any atom is 0.161 e. The van der Waals surface area contributed by atoms with E-state index in [1.165, 1.54) is 11.1 Å². The molecule has 0 N–H and O–H groups in total. The minimum Gasteiger partial charge on any atom is -0.493 e. The SMILES string of the molecule is COc1ccc(CN2CCN(Cc3cccc(Oc4ccccc4)c3)CC2)cc1OC. The Morgan fingerprint density at radius 2 is 1.23 bits per heavy atom. The van der Waals surface area contributed by atoms with Crippen molar-refractivity contribution in [3.63, 3.8) is 0 Å². The average Bonchev–Trinajstić information content (AvgIpc) is 2.81. The molecule has 4 rings (SSSR count). The Hall–Kier alpha value is -3.02. The van der Waals surface area contributed by atoms with Gasteiger partial charge >= 0.3 is 0 Å². The molecular weight excluding hydrogens is 388 g/mol. The molecule has 1 aliphatic rings. The van der Waals surface area contributed by atoms with Gasteiger partial charge in [0.05, 0.1) is 14.2 Å². The first kappa shape index (κ1) is 21.2. The molecule has 5 heteroatoms. The molecule has 1 heterocycles. The number of para-hydroxylation sites is 1. The predicted octanol–water partition coefficient (Wildman–Crippen LogP) is 4.81. The van der Waals surface area contributed by atoms with E-state index in [0.29, 0.717) is 0 Å². The molecule has 0 spiro atoms. The minimum absolute atomic E-state index is 0.773. The quantitative estimate of drug-likeness (QED) is 0.524. The highest BCUT2D eigenvalue weighted by molar-refractivity contribution is 5.42. The van der Waals surface area contributed by atoms with Crippen molar-refractivity contribution in [2.75, 3.05) is 40.4 Å². The molecule has 0 unspecified atom stereocenters. The first-order valence-electron chi connectivity index (χ1n) is 10.7. The van der Waals surface area contributed by atoms with Crippen LogP contribution in [-0.2, 0) is 13.1 Å². The molecule has 162 valence electrons. The molecule has 0 atom stereocenters. The summed E-state index contributed by atoms with van der Waals surface area (Å²) in [6, 6.07) is 24.5. The minimum atomic E-state index is 0.773. The molecule has 0 amide bonds. The smallest absolute Gasteiger partial charge is 0.161 e. The summed E-state index contributed by atoms with van der Waals surface area (Å²) in [5.41, 5.74) is 2.53. The molecule has 0 aromatic heterocycles. The number of rotatable bonds is 8. The molecule has 3 aromatic rings. The highest BCUT2D eigenvalue weighted by atomic mass is 16.5. The molecule has 1 fully saturated rings. The van der Waals surface area contributed by atoms with Crippen molar-refractivity contribution in [1.82, 2.24) is 9.80 Å². The van der Waals surface area contributed by atoms with Crippen LogP contribution in [-0.4, -0.2) is 50.2 Å². The number of benzene rings is 3. The summed E-state index contributed by atoms with van der Waals surface area (Å²) in [4.78, 5) is 5.00. The van der Waals surface area contributed by atoms with Crippen LogP contribution < -0.4 is 14.2 Å². The Kier molecular flexibility index (Phi) is 7.07. The first-order chi connectivity index (χ1) is 15.2. The Bertz CT molecular complexity index is 969. The fraction of sp³-hybridized carbons (Fsp3) is 0.308. The van der Waals surface area contributed by atoms with Crippen LogP contribution in [0.2, 0.25) is 0 Å². The Labute approximate surface area is 184 Å². The fourth-order valence-corrected chi connectivity index (χ4v) is 3.93. The molecular formula is C26H30N2O3. The summed E-state index contributed by atoms with van der Waals surface area (Å²) >= 11 is 0. The van der Waals surface area contributed by atoms with E-state index in [-0.39, 0.29) is 0 Å². The number of methoxy groups -OCH3 is 2. The summed E-state index contributed by atoms with van der Waals surface area (Å²) in [6.07, 6.45) is 0. The maximum atomic E-state index is 5.98. The molecule has 5 nitrogen and oxygen atoms in total. The van der Waals surface area contributed by atoms with Gasteiger partial charge in [-0.05, 0) is 47.5 Å². The lowest BCUT2D eigenvalue weighted by Gasteiger charge is -2.34.